The standard InChI is InChI=1S/C13H12Cl2O2/c1-2-17-13(16)5-3-4-10-6-7-12(15)11(8-10)9-14/h6-8H,2,5,9H2,1H3. The molecule has 1 aromatic carbocycles. The quantitative estimate of drug-likeness (QED) is 0.478. The molecule has 0 aliphatic rings. The third kappa shape index (κ3) is 4.68. The number of ether oxygens (including phenoxy) is 1. The van der Waals surface area contributed by atoms with E-state index in [0.29, 0.717) is 17.5 Å². The fourth-order valence-corrected chi connectivity index (χ4v) is 1.66. The maximum atomic E-state index is 11.0. The van der Waals surface area contributed by atoms with Crippen molar-refractivity contribution in [2.24, 2.45) is 0 Å². The minimum atomic E-state index is -0.313. The van der Waals surface area contributed by atoms with E-state index in [1.165, 1.54) is 0 Å². The SMILES string of the molecule is CCOC(=O)CC#Cc1ccc(Cl)c(CCl)c1. The number of hydrogen-bond donors (Lipinski definition) is 0. The molecule has 0 aromatic heterocycles. The van der Waals surface area contributed by atoms with Crippen LogP contribution in [0.5, 0.6) is 0 Å². The van der Waals surface area contributed by atoms with Gasteiger partial charge in [0.2, 0.25) is 0 Å². The zero-order chi connectivity index (χ0) is 12.7. The first kappa shape index (κ1) is 13.9. The first-order chi connectivity index (χ1) is 8.17. The lowest BCUT2D eigenvalue weighted by Crippen LogP contribution is -2.01. The molecule has 0 N–H and O–H groups in total. The van der Waals surface area contributed by atoms with Gasteiger partial charge in [-0.25, -0.2) is 0 Å². The van der Waals surface area contributed by atoms with Crippen LogP contribution in [-0.4, -0.2) is 12.6 Å². The number of rotatable bonds is 3. The van der Waals surface area contributed by atoms with E-state index >= 15 is 0 Å². The first-order valence-corrected chi connectivity index (χ1v) is 6.07. The second kappa shape index (κ2) is 7.21. The number of benzene rings is 1. The van der Waals surface area contributed by atoms with E-state index in [1.54, 1.807) is 19.1 Å². The Bertz CT molecular complexity index is 458. The Balaban J connectivity index is 2.69. The van der Waals surface area contributed by atoms with Crippen LogP contribution in [0.2, 0.25) is 5.02 Å². The van der Waals surface area contributed by atoms with Crippen molar-refractivity contribution in [3.8, 4) is 11.8 Å². The van der Waals surface area contributed by atoms with Gasteiger partial charge < -0.3 is 4.74 Å². The van der Waals surface area contributed by atoms with Crippen LogP contribution in [0.4, 0.5) is 0 Å². The lowest BCUT2D eigenvalue weighted by molar-refractivity contribution is -0.141. The average molecular weight is 271 g/mol. The summed E-state index contributed by atoms with van der Waals surface area (Å²) in [5, 5.41) is 0.621. The summed E-state index contributed by atoms with van der Waals surface area (Å²) >= 11 is 11.6. The molecule has 0 aliphatic carbocycles. The van der Waals surface area contributed by atoms with E-state index in [-0.39, 0.29) is 12.4 Å². The summed E-state index contributed by atoms with van der Waals surface area (Å²) in [6.07, 6.45) is 0.0900. The summed E-state index contributed by atoms with van der Waals surface area (Å²) in [4.78, 5) is 11.0. The number of esters is 1. The van der Waals surface area contributed by atoms with Gasteiger partial charge in [-0.15, -0.1) is 11.6 Å². The van der Waals surface area contributed by atoms with Crippen LogP contribution in [0.25, 0.3) is 0 Å². The summed E-state index contributed by atoms with van der Waals surface area (Å²) in [6.45, 7) is 2.13. The van der Waals surface area contributed by atoms with Gasteiger partial charge in [-0.1, -0.05) is 23.4 Å². The van der Waals surface area contributed by atoms with Crippen molar-refractivity contribution in [3.05, 3.63) is 34.3 Å². The summed E-state index contributed by atoms with van der Waals surface area (Å²) in [5.74, 6) is 5.64. The summed E-state index contributed by atoms with van der Waals surface area (Å²) in [7, 11) is 0. The Morgan fingerprint density at radius 3 is 2.88 bits per heavy atom. The summed E-state index contributed by atoms with van der Waals surface area (Å²) in [5.41, 5.74) is 1.62. The minimum absolute atomic E-state index is 0.0900. The largest absolute Gasteiger partial charge is 0.465 e. The van der Waals surface area contributed by atoms with Crippen molar-refractivity contribution in [2.75, 3.05) is 6.61 Å². The molecule has 1 aromatic rings. The summed E-state index contributed by atoms with van der Waals surface area (Å²) in [6, 6.07) is 5.34. The van der Waals surface area contributed by atoms with Crippen LogP contribution in [0.1, 0.15) is 24.5 Å². The lowest BCUT2D eigenvalue weighted by Gasteiger charge is -1.99. The molecule has 0 radical (unpaired) electrons. The molecule has 0 amide bonds. The predicted molar refractivity (Wildman–Crippen MR) is 69.1 cm³/mol. The van der Waals surface area contributed by atoms with Gasteiger partial charge in [0.05, 0.1) is 6.61 Å². The Morgan fingerprint density at radius 2 is 2.24 bits per heavy atom. The fraction of sp³-hybridized carbons (Fsp3) is 0.308. The van der Waals surface area contributed by atoms with Gasteiger partial charge in [0, 0.05) is 16.5 Å². The van der Waals surface area contributed by atoms with Crippen molar-refractivity contribution < 1.29 is 9.53 Å². The second-order valence-corrected chi connectivity index (χ2v) is 3.90. The Morgan fingerprint density at radius 1 is 1.47 bits per heavy atom. The smallest absolute Gasteiger partial charge is 0.317 e. The number of carbonyl (C=O) groups excluding carboxylic acids is 1. The highest BCUT2D eigenvalue weighted by Gasteiger charge is 1.99. The van der Waals surface area contributed by atoms with E-state index in [2.05, 4.69) is 11.8 Å². The van der Waals surface area contributed by atoms with Gasteiger partial charge in [-0.05, 0) is 30.7 Å². The molecule has 2 nitrogen and oxygen atoms in total. The third-order valence-corrected chi connectivity index (χ3v) is 2.62. The number of halogens is 2. The molecule has 0 unspecified atom stereocenters. The molecule has 17 heavy (non-hydrogen) atoms. The number of carbonyl (C=O) groups is 1. The molecule has 0 aliphatic heterocycles. The van der Waals surface area contributed by atoms with Gasteiger partial charge in [-0.3, -0.25) is 4.79 Å². The molecule has 1 rings (SSSR count). The zero-order valence-electron chi connectivity index (χ0n) is 9.43. The van der Waals surface area contributed by atoms with Crippen molar-refractivity contribution in [1.29, 1.82) is 0 Å². The fourth-order valence-electron chi connectivity index (χ4n) is 1.19. The average Bonchev–Trinajstić information content (AvgIpc) is 2.31. The molecule has 90 valence electrons. The maximum absolute atomic E-state index is 11.0. The maximum Gasteiger partial charge on any atom is 0.317 e. The van der Waals surface area contributed by atoms with Crippen LogP contribution in [0, 0.1) is 11.8 Å². The van der Waals surface area contributed by atoms with Gasteiger partial charge in [0.15, 0.2) is 0 Å². The van der Waals surface area contributed by atoms with E-state index in [4.69, 9.17) is 27.9 Å². The molecule has 0 saturated carbocycles. The number of hydrogen-bond acceptors (Lipinski definition) is 2. The Labute approximate surface area is 111 Å². The molecular weight excluding hydrogens is 259 g/mol. The summed E-state index contributed by atoms with van der Waals surface area (Å²) < 4.78 is 4.76. The van der Waals surface area contributed by atoms with Gasteiger partial charge in [0.1, 0.15) is 6.42 Å². The predicted octanol–water partition coefficient (Wildman–Crippen LogP) is 3.38. The van der Waals surface area contributed by atoms with Crippen molar-refractivity contribution >= 4 is 29.2 Å². The van der Waals surface area contributed by atoms with E-state index in [9.17, 15) is 4.79 Å². The monoisotopic (exact) mass is 270 g/mol. The van der Waals surface area contributed by atoms with Crippen molar-refractivity contribution in [3.63, 3.8) is 0 Å². The van der Waals surface area contributed by atoms with Gasteiger partial charge in [0.25, 0.3) is 0 Å². The molecule has 4 heteroatoms. The van der Waals surface area contributed by atoms with Crippen LogP contribution in [0.15, 0.2) is 18.2 Å². The van der Waals surface area contributed by atoms with Crippen LogP contribution in [0.3, 0.4) is 0 Å². The molecule has 0 fully saturated rings. The van der Waals surface area contributed by atoms with Gasteiger partial charge in [-0.2, -0.15) is 0 Å². The zero-order valence-corrected chi connectivity index (χ0v) is 10.9. The highest BCUT2D eigenvalue weighted by molar-refractivity contribution is 6.32. The molecule has 0 atom stereocenters. The van der Waals surface area contributed by atoms with Crippen LogP contribution < -0.4 is 0 Å². The van der Waals surface area contributed by atoms with E-state index in [1.807, 2.05) is 6.07 Å². The molecular formula is C13H12Cl2O2. The molecule has 0 saturated heterocycles. The Hall–Kier alpha value is -1.17. The molecule has 0 bridgehead atoms. The Kier molecular flexibility index (Phi) is 5.90. The van der Waals surface area contributed by atoms with Crippen LogP contribution in [-0.2, 0) is 15.4 Å². The highest BCUT2D eigenvalue weighted by Crippen LogP contribution is 2.18. The first-order valence-electron chi connectivity index (χ1n) is 5.16. The third-order valence-electron chi connectivity index (χ3n) is 1.96. The lowest BCUT2D eigenvalue weighted by atomic mass is 10.1. The van der Waals surface area contributed by atoms with Crippen LogP contribution >= 0.6 is 23.2 Å². The molecule has 0 spiro atoms. The van der Waals surface area contributed by atoms with E-state index in [0.717, 1.165) is 11.1 Å². The van der Waals surface area contributed by atoms with Crippen molar-refractivity contribution in [1.82, 2.24) is 0 Å². The minimum Gasteiger partial charge on any atom is -0.465 e. The van der Waals surface area contributed by atoms with Gasteiger partial charge >= 0.3 is 5.97 Å². The van der Waals surface area contributed by atoms with Crippen molar-refractivity contribution in [2.45, 2.75) is 19.2 Å². The topological polar surface area (TPSA) is 26.3 Å². The normalized spacial score (nSPS) is 9.35. The highest BCUT2D eigenvalue weighted by atomic mass is 35.5. The molecule has 0 heterocycles. The second-order valence-electron chi connectivity index (χ2n) is 3.22. The van der Waals surface area contributed by atoms with E-state index < -0.39 is 0 Å². The number of alkyl halides is 1.